The largest absolute Gasteiger partial charge is 0.480 e. The van der Waals surface area contributed by atoms with E-state index in [0.29, 0.717) is 0 Å². The topological polar surface area (TPSA) is 72.5 Å². The fourth-order valence-electron chi connectivity index (χ4n) is 3.76. The third-order valence-corrected chi connectivity index (χ3v) is 5.07. The lowest BCUT2D eigenvalue weighted by Gasteiger charge is -2.36. The Bertz CT molecular complexity index is 726. The SMILES string of the molecule is CCCCC1(OC(C)[C@H](N)C(=O)O)c2ccccc2-c2ccccc21. The van der Waals surface area contributed by atoms with Crippen LogP contribution in [0.15, 0.2) is 48.5 Å². The van der Waals surface area contributed by atoms with Gasteiger partial charge in [0.05, 0.1) is 6.10 Å². The Morgan fingerprint density at radius 3 is 2.12 bits per heavy atom. The van der Waals surface area contributed by atoms with E-state index in [4.69, 9.17) is 10.5 Å². The van der Waals surface area contributed by atoms with E-state index in [0.717, 1.165) is 41.5 Å². The molecule has 3 rings (SSSR count). The summed E-state index contributed by atoms with van der Waals surface area (Å²) in [7, 11) is 0. The molecule has 1 aliphatic rings. The van der Waals surface area contributed by atoms with E-state index in [1.165, 1.54) is 0 Å². The number of carbonyl (C=O) groups is 1. The van der Waals surface area contributed by atoms with Gasteiger partial charge >= 0.3 is 5.97 Å². The standard InChI is InChI=1S/C21H25NO3/c1-3-4-13-21(25-14(2)19(22)20(23)24)17-11-7-5-9-15(17)16-10-6-8-12-18(16)21/h5-12,14,19H,3-4,13,22H2,1-2H3,(H,23,24)/t14?,19-/m0/s1. The van der Waals surface area contributed by atoms with Crippen molar-refractivity contribution in [1.82, 2.24) is 0 Å². The lowest BCUT2D eigenvalue weighted by molar-refractivity contribution is -0.146. The van der Waals surface area contributed by atoms with Crippen molar-refractivity contribution in [2.45, 2.75) is 50.9 Å². The maximum Gasteiger partial charge on any atom is 0.323 e. The first-order valence-electron chi connectivity index (χ1n) is 8.87. The minimum Gasteiger partial charge on any atom is -0.480 e. The lowest BCUT2D eigenvalue weighted by Crippen LogP contribution is -2.46. The van der Waals surface area contributed by atoms with E-state index in [9.17, 15) is 9.90 Å². The molecular weight excluding hydrogens is 314 g/mol. The number of nitrogens with two attached hydrogens (primary N) is 1. The number of unbranched alkanes of at least 4 members (excludes halogenated alkanes) is 1. The van der Waals surface area contributed by atoms with Gasteiger partial charge in [0.1, 0.15) is 11.6 Å². The van der Waals surface area contributed by atoms with Crippen LogP contribution >= 0.6 is 0 Å². The molecular formula is C21H25NO3. The van der Waals surface area contributed by atoms with Crippen molar-refractivity contribution in [1.29, 1.82) is 0 Å². The Hall–Kier alpha value is -2.17. The number of aliphatic carboxylic acids is 1. The van der Waals surface area contributed by atoms with Gasteiger partial charge in [-0.1, -0.05) is 68.3 Å². The first kappa shape index (κ1) is 17.6. The van der Waals surface area contributed by atoms with Crippen LogP contribution in [0.3, 0.4) is 0 Å². The van der Waals surface area contributed by atoms with Gasteiger partial charge in [-0.15, -0.1) is 0 Å². The van der Waals surface area contributed by atoms with Crippen LogP contribution in [0.25, 0.3) is 11.1 Å². The molecule has 4 nitrogen and oxygen atoms in total. The van der Waals surface area contributed by atoms with Crippen molar-refractivity contribution in [3.63, 3.8) is 0 Å². The summed E-state index contributed by atoms with van der Waals surface area (Å²) in [4.78, 5) is 11.3. The van der Waals surface area contributed by atoms with Crippen LogP contribution in [-0.4, -0.2) is 23.2 Å². The van der Waals surface area contributed by atoms with Gasteiger partial charge in [-0.05, 0) is 35.6 Å². The first-order valence-corrected chi connectivity index (χ1v) is 8.87. The van der Waals surface area contributed by atoms with Gasteiger partial charge in [0.25, 0.3) is 0 Å². The molecule has 4 heteroatoms. The Labute approximate surface area is 148 Å². The summed E-state index contributed by atoms with van der Waals surface area (Å²) < 4.78 is 6.47. The minimum atomic E-state index is -1.06. The highest BCUT2D eigenvalue weighted by atomic mass is 16.5. The van der Waals surface area contributed by atoms with E-state index in [1.54, 1.807) is 6.92 Å². The predicted molar refractivity (Wildman–Crippen MR) is 98.3 cm³/mol. The second-order valence-corrected chi connectivity index (χ2v) is 6.71. The monoisotopic (exact) mass is 339 g/mol. The number of hydrogen-bond acceptors (Lipinski definition) is 3. The van der Waals surface area contributed by atoms with Gasteiger partial charge in [-0.3, -0.25) is 4.79 Å². The number of benzene rings is 2. The van der Waals surface area contributed by atoms with Crippen molar-refractivity contribution < 1.29 is 14.6 Å². The number of hydrogen-bond donors (Lipinski definition) is 2. The van der Waals surface area contributed by atoms with Crippen LogP contribution in [0.5, 0.6) is 0 Å². The normalized spacial score (nSPS) is 16.8. The first-order chi connectivity index (χ1) is 12.0. The van der Waals surface area contributed by atoms with E-state index in [-0.39, 0.29) is 0 Å². The van der Waals surface area contributed by atoms with Gasteiger partial charge in [-0.2, -0.15) is 0 Å². The molecule has 2 aromatic carbocycles. The van der Waals surface area contributed by atoms with E-state index in [2.05, 4.69) is 31.2 Å². The minimum absolute atomic E-state index is 0.603. The molecule has 0 spiro atoms. The molecule has 1 aliphatic carbocycles. The van der Waals surface area contributed by atoms with Crippen LogP contribution in [0.1, 0.15) is 44.2 Å². The van der Waals surface area contributed by atoms with Crippen LogP contribution in [-0.2, 0) is 15.1 Å². The van der Waals surface area contributed by atoms with Crippen molar-refractivity contribution in [3.05, 3.63) is 59.7 Å². The zero-order valence-corrected chi connectivity index (χ0v) is 14.7. The summed E-state index contributed by atoms with van der Waals surface area (Å²) in [5, 5.41) is 9.27. The van der Waals surface area contributed by atoms with Crippen molar-refractivity contribution in [2.75, 3.05) is 0 Å². The molecule has 132 valence electrons. The maximum atomic E-state index is 11.3. The zero-order valence-electron chi connectivity index (χ0n) is 14.7. The van der Waals surface area contributed by atoms with Gasteiger partial charge in [0.15, 0.2) is 0 Å². The highest BCUT2D eigenvalue weighted by Gasteiger charge is 2.45. The van der Waals surface area contributed by atoms with Crippen LogP contribution in [0.2, 0.25) is 0 Å². The fourth-order valence-corrected chi connectivity index (χ4v) is 3.76. The zero-order chi connectivity index (χ0) is 18.0. The van der Waals surface area contributed by atoms with Gasteiger partial charge in [0.2, 0.25) is 0 Å². The number of carboxylic acid groups (broad SMARTS) is 1. The summed E-state index contributed by atoms with van der Waals surface area (Å²) in [5.41, 5.74) is 9.72. The Balaban J connectivity index is 2.13. The Morgan fingerprint density at radius 1 is 1.12 bits per heavy atom. The summed E-state index contributed by atoms with van der Waals surface area (Å²) in [6.45, 7) is 3.89. The molecule has 1 unspecified atom stereocenters. The summed E-state index contributed by atoms with van der Waals surface area (Å²) in [6, 6.07) is 15.4. The van der Waals surface area contributed by atoms with Gasteiger partial charge in [0, 0.05) is 0 Å². The maximum absolute atomic E-state index is 11.3. The third-order valence-electron chi connectivity index (χ3n) is 5.07. The number of ether oxygens (including phenoxy) is 1. The van der Waals surface area contributed by atoms with Crippen LogP contribution in [0, 0.1) is 0 Å². The second kappa shape index (κ2) is 6.98. The average Bonchev–Trinajstić information content (AvgIpc) is 2.90. The lowest BCUT2D eigenvalue weighted by atomic mass is 9.85. The highest BCUT2D eigenvalue weighted by molar-refractivity contribution is 5.80. The molecule has 0 saturated carbocycles. The molecule has 3 N–H and O–H groups in total. The molecule has 2 atom stereocenters. The van der Waals surface area contributed by atoms with E-state index < -0.39 is 23.7 Å². The van der Waals surface area contributed by atoms with Gasteiger partial charge in [-0.25, -0.2) is 0 Å². The highest BCUT2D eigenvalue weighted by Crippen LogP contribution is 2.52. The molecule has 0 aromatic heterocycles. The van der Waals surface area contributed by atoms with Crippen molar-refractivity contribution >= 4 is 5.97 Å². The predicted octanol–water partition coefficient (Wildman–Crippen LogP) is 3.92. The molecule has 0 amide bonds. The third kappa shape index (κ3) is 2.96. The Morgan fingerprint density at radius 2 is 1.64 bits per heavy atom. The molecule has 25 heavy (non-hydrogen) atoms. The van der Waals surface area contributed by atoms with Crippen molar-refractivity contribution in [2.24, 2.45) is 5.73 Å². The van der Waals surface area contributed by atoms with Crippen LogP contribution < -0.4 is 5.73 Å². The molecule has 0 bridgehead atoms. The van der Waals surface area contributed by atoms with Gasteiger partial charge < -0.3 is 15.6 Å². The summed E-state index contributed by atoms with van der Waals surface area (Å²) >= 11 is 0. The molecule has 2 aromatic rings. The molecule has 0 fully saturated rings. The average molecular weight is 339 g/mol. The molecule has 0 heterocycles. The quantitative estimate of drug-likeness (QED) is 0.802. The van der Waals surface area contributed by atoms with E-state index >= 15 is 0 Å². The number of rotatable bonds is 7. The summed E-state index contributed by atoms with van der Waals surface area (Å²) in [6.07, 6.45) is 2.22. The number of carboxylic acids is 1. The molecule has 0 saturated heterocycles. The Kier molecular flexibility index (Phi) is 4.93. The molecule has 0 aliphatic heterocycles. The van der Waals surface area contributed by atoms with Crippen LogP contribution in [0.4, 0.5) is 0 Å². The fraction of sp³-hybridized carbons (Fsp3) is 0.381. The van der Waals surface area contributed by atoms with Crippen molar-refractivity contribution in [3.8, 4) is 11.1 Å². The van der Waals surface area contributed by atoms with E-state index in [1.807, 2.05) is 24.3 Å². The number of fused-ring (bicyclic) bond motifs is 3. The molecule has 0 radical (unpaired) electrons. The second-order valence-electron chi connectivity index (χ2n) is 6.71. The summed E-state index contributed by atoms with van der Waals surface area (Å²) in [5.74, 6) is -1.04. The smallest absolute Gasteiger partial charge is 0.323 e.